The molecule has 0 bridgehead atoms. The van der Waals surface area contributed by atoms with Crippen LogP contribution >= 0.6 is 0 Å². The lowest BCUT2D eigenvalue weighted by atomic mass is 9.73. The van der Waals surface area contributed by atoms with Crippen molar-refractivity contribution in [3.05, 3.63) is 29.8 Å². The van der Waals surface area contributed by atoms with Crippen molar-refractivity contribution in [3.8, 4) is 5.75 Å². The van der Waals surface area contributed by atoms with Gasteiger partial charge in [0.05, 0.1) is 26.2 Å². The fourth-order valence-electron chi connectivity index (χ4n) is 2.93. The van der Waals surface area contributed by atoms with Crippen molar-refractivity contribution in [2.75, 3.05) is 20.3 Å². The molecule has 1 saturated carbocycles. The minimum atomic E-state index is -0.686. The lowest BCUT2D eigenvalue weighted by Crippen LogP contribution is -2.49. The Morgan fingerprint density at radius 1 is 1.50 bits per heavy atom. The summed E-state index contributed by atoms with van der Waals surface area (Å²) < 4.78 is 10.6. The molecule has 2 fully saturated rings. The molecule has 1 saturated heterocycles. The fourth-order valence-corrected chi connectivity index (χ4v) is 2.93. The molecule has 0 spiro atoms. The first-order valence-electron chi connectivity index (χ1n) is 6.12. The minimum Gasteiger partial charge on any atom is -0.497 e. The molecule has 2 unspecified atom stereocenters. The van der Waals surface area contributed by atoms with Crippen molar-refractivity contribution in [3.63, 3.8) is 0 Å². The molecule has 4 heteroatoms. The third kappa shape index (κ3) is 1.60. The molecular weight excluding hydrogens is 232 g/mol. The van der Waals surface area contributed by atoms with Gasteiger partial charge < -0.3 is 14.6 Å². The molecule has 0 amide bonds. The molecule has 1 aromatic carbocycles. The van der Waals surface area contributed by atoms with Gasteiger partial charge in [-0.15, -0.1) is 0 Å². The van der Waals surface area contributed by atoms with Gasteiger partial charge in [0.15, 0.2) is 0 Å². The van der Waals surface area contributed by atoms with E-state index in [1.165, 1.54) is 0 Å². The van der Waals surface area contributed by atoms with Gasteiger partial charge in [0.2, 0.25) is 0 Å². The van der Waals surface area contributed by atoms with Gasteiger partial charge in [0.1, 0.15) is 5.75 Å². The number of carbonyl (C=O) groups is 1. The van der Waals surface area contributed by atoms with Crippen LogP contribution < -0.4 is 4.74 Å². The maximum atomic E-state index is 11.0. The summed E-state index contributed by atoms with van der Waals surface area (Å²) in [6.45, 7) is 1.24. The number of hydrogen-bond donors (Lipinski definition) is 1. The Morgan fingerprint density at radius 3 is 2.78 bits per heavy atom. The number of rotatable bonds is 4. The molecular formula is C14H16O4. The Labute approximate surface area is 106 Å². The first-order chi connectivity index (χ1) is 8.67. The molecule has 1 aliphatic heterocycles. The molecule has 1 aromatic rings. The van der Waals surface area contributed by atoms with E-state index in [4.69, 9.17) is 14.6 Å². The number of hydrogen-bond acceptors (Lipinski definition) is 3. The standard InChI is InChI=1S/C14H16O4/c1-17-10-4-2-3-9(5-10)14(7-18-8-14)12-6-11(12)13(15)16/h2-5,11-12H,6-8H2,1H3,(H,15,16). The average Bonchev–Trinajstić information content (AvgIpc) is 3.09. The van der Waals surface area contributed by atoms with Crippen molar-refractivity contribution in [1.82, 2.24) is 0 Å². The molecule has 1 heterocycles. The van der Waals surface area contributed by atoms with E-state index in [9.17, 15) is 4.79 Å². The summed E-state index contributed by atoms with van der Waals surface area (Å²) in [5.41, 5.74) is 1.03. The summed E-state index contributed by atoms with van der Waals surface area (Å²) >= 11 is 0. The van der Waals surface area contributed by atoms with Gasteiger partial charge in [-0.1, -0.05) is 12.1 Å². The number of carboxylic acids is 1. The number of ether oxygens (including phenoxy) is 2. The zero-order valence-corrected chi connectivity index (χ0v) is 10.3. The molecule has 0 radical (unpaired) electrons. The SMILES string of the molecule is COc1cccc(C2(C3CC3C(=O)O)COC2)c1. The van der Waals surface area contributed by atoms with Crippen LogP contribution in [-0.2, 0) is 14.9 Å². The molecule has 3 rings (SSSR count). The highest BCUT2D eigenvalue weighted by Gasteiger charge is 2.60. The predicted molar refractivity (Wildman–Crippen MR) is 64.7 cm³/mol. The van der Waals surface area contributed by atoms with Crippen LogP contribution in [-0.4, -0.2) is 31.4 Å². The van der Waals surface area contributed by atoms with Crippen LogP contribution in [0.2, 0.25) is 0 Å². The van der Waals surface area contributed by atoms with Gasteiger partial charge in [-0.2, -0.15) is 0 Å². The van der Waals surface area contributed by atoms with Crippen LogP contribution in [0.15, 0.2) is 24.3 Å². The Bertz CT molecular complexity index is 478. The van der Waals surface area contributed by atoms with Gasteiger partial charge in [0.25, 0.3) is 0 Å². The molecule has 0 aromatic heterocycles. The van der Waals surface area contributed by atoms with Gasteiger partial charge in [-0.05, 0) is 30.0 Å². The van der Waals surface area contributed by atoms with Gasteiger partial charge >= 0.3 is 5.97 Å². The van der Waals surface area contributed by atoms with E-state index in [1.54, 1.807) is 7.11 Å². The van der Waals surface area contributed by atoms with Crippen molar-refractivity contribution >= 4 is 5.97 Å². The largest absolute Gasteiger partial charge is 0.497 e. The summed E-state index contributed by atoms with van der Waals surface area (Å²) in [7, 11) is 1.64. The Morgan fingerprint density at radius 2 is 2.28 bits per heavy atom. The van der Waals surface area contributed by atoms with E-state index in [2.05, 4.69) is 0 Å². The van der Waals surface area contributed by atoms with Crippen LogP contribution in [0, 0.1) is 11.8 Å². The van der Waals surface area contributed by atoms with E-state index in [0.717, 1.165) is 17.7 Å². The highest BCUT2D eigenvalue weighted by molar-refractivity contribution is 5.74. The highest BCUT2D eigenvalue weighted by atomic mass is 16.5. The highest BCUT2D eigenvalue weighted by Crippen LogP contribution is 2.56. The molecule has 18 heavy (non-hydrogen) atoms. The maximum Gasteiger partial charge on any atom is 0.306 e. The first-order valence-corrected chi connectivity index (χ1v) is 6.12. The van der Waals surface area contributed by atoms with E-state index in [0.29, 0.717) is 13.2 Å². The summed E-state index contributed by atoms with van der Waals surface area (Å²) in [4.78, 5) is 11.0. The summed E-state index contributed by atoms with van der Waals surface area (Å²) in [6.07, 6.45) is 0.760. The Hall–Kier alpha value is -1.55. The second kappa shape index (κ2) is 3.99. The van der Waals surface area contributed by atoms with Gasteiger partial charge in [0, 0.05) is 5.41 Å². The number of methoxy groups -OCH3 is 1. The van der Waals surface area contributed by atoms with E-state index >= 15 is 0 Å². The second-order valence-electron chi connectivity index (χ2n) is 5.17. The molecule has 1 N–H and O–H groups in total. The van der Waals surface area contributed by atoms with Crippen LogP contribution in [0.4, 0.5) is 0 Å². The predicted octanol–water partition coefficient (Wildman–Crippen LogP) is 1.68. The van der Waals surface area contributed by atoms with Crippen molar-refractivity contribution in [1.29, 1.82) is 0 Å². The number of aliphatic carboxylic acids is 1. The minimum absolute atomic E-state index is 0.113. The normalized spacial score (nSPS) is 28.3. The molecule has 1 aliphatic carbocycles. The van der Waals surface area contributed by atoms with Crippen LogP contribution in [0.3, 0.4) is 0 Å². The molecule has 2 atom stereocenters. The summed E-state index contributed by atoms with van der Waals surface area (Å²) in [6, 6.07) is 7.90. The molecule has 4 nitrogen and oxygen atoms in total. The van der Waals surface area contributed by atoms with Crippen LogP contribution in [0.1, 0.15) is 12.0 Å². The Balaban J connectivity index is 1.90. The third-order valence-corrected chi connectivity index (χ3v) is 4.18. The summed E-state index contributed by atoms with van der Waals surface area (Å²) in [5.74, 6) is 0.122. The topological polar surface area (TPSA) is 55.8 Å². The van der Waals surface area contributed by atoms with Gasteiger partial charge in [-0.3, -0.25) is 4.79 Å². The summed E-state index contributed by atoms with van der Waals surface area (Å²) in [5, 5.41) is 9.09. The smallest absolute Gasteiger partial charge is 0.306 e. The number of benzene rings is 1. The maximum absolute atomic E-state index is 11.0. The third-order valence-electron chi connectivity index (χ3n) is 4.18. The average molecular weight is 248 g/mol. The number of carboxylic acid groups (broad SMARTS) is 1. The zero-order chi connectivity index (χ0) is 12.8. The van der Waals surface area contributed by atoms with Crippen LogP contribution in [0.5, 0.6) is 5.75 Å². The fraction of sp³-hybridized carbons (Fsp3) is 0.500. The first kappa shape index (κ1) is 11.5. The zero-order valence-electron chi connectivity index (χ0n) is 10.3. The van der Waals surface area contributed by atoms with Gasteiger partial charge in [-0.25, -0.2) is 0 Å². The lowest BCUT2D eigenvalue weighted by Gasteiger charge is -2.42. The van der Waals surface area contributed by atoms with Crippen molar-refractivity contribution in [2.24, 2.45) is 11.8 Å². The monoisotopic (exact) mass is 248 g/mol. The second-order valence-corrected chi connectivity index (χ2v) is 5.17. The lowest BCUT2D eigenvalue weighted by molar-refractivity contribution is -0.140. The van der Waals surface area contributed by atoms with E-state index < -0.39 is 5.97 Å². The molecule has 2 aliphatic rings. The quantitative estimate of drug-likeness (QED) is 0.880. The van der Waals surface area contributed by atoms with Crippen molar-refractivity contribution < 1.29 is 19.4 Å². The Kier molecular flexibility index (Phi) is 2.55. The van der Waals surface area contributed by atoms with E-state index in [1.807, 2.05) is 24.3 Å². The van der Waals surface area contributed by atoms with E-state index in [-0.39, 0.29) is 17.3 Å². The van der Waals surface area contributed by atoms with Crippen molar-refractivity contribution in [2.45, 2.75) is 11.8 Å². The van der Waals surface area contributed by atoms with Crippen LogP contribution in [0.25, 0.3) is 0 Å². The molecule has 96 valence electrons.